The first-order valence-corrected chi connectivity index (χ1v) is 7.68. The SMILES string of the molecule is CCCc1ccc(C(=O)CCC(=O)NC2CCOC2=O)cc1. The smallest absolute Gasteiger partial charge is 0.328 e. The summed E-state index contributed by atoms with van der Waals surface area (Å²) >= 11 is 0. The molecule has 1 aliphatic rings. The zero-order valence-corrected chi connectivity index (χ0v) is 12.8. The van der Waals surface area contributed by atoms with Crippen molar-refractivity contribution >= 4 is 17.7 Å². The van der Waals surface area contributed by atoms with E-state index in [2.05, 4.69) is 12.2 Å². The molecule has 0 bridgehead atoms. The van der Waals surface area contributed by atoms with E-state index in [0.29, 0.717) is 18.6 Å². The maximum Gasteiger partial charge on any atom is 0.328 e. The summed E-state index contributed by atoms with van der Waals surface area (Å²) < 4.78 is 4.77. The predicted octanol–water partition coefficient (Wildman–Crippen LogP) is 2.03. The van der Waals surface area contributed by atoms with Crippen molar-refractivity contribution in [2.75, 3.05) is 6.61 Å². The van der Waals surface area contributed by atoms with E-state index in [9.17, 15) is 14.4 Å². The molecular weight excluding hydrogens is 282 g/mol. The quantitative estimate of drug-likeness (QED) is 0.618. The molecule has 1 N–H and O–H groups in total. The predicted molar refractivity (Wildman–Crippen MR) is 81.5 cm³/mol. The van der Waals surface area contributed by atoms with E-state index in [1.54, 1.807) is 12.1 Å². The Hall–Kier alpha value is -2.17. The maximum atomic E-state index is 12.0. The van der Waals surface area contributed by atoms with Crippen molar-refractivity contribution in [1.82, 2.24) is 5.32 Å². The second kappa shape index (κ2) is 7.73. The van der Waals surface area contributed by atoms with Crippen LogP contribution in [-0.4, -0.2) is 30.3 Å². The van der Waals surface area contributed by atoms with Gasteiger partial charge in [-0.3, -0.25) is 9.59 Å². The Morgan fingerprint density at radius 2 is 1.95 bits per heavy atom. The van der Waals surface area contributed by atoms with Gasteiger partial charge in [0.25, 0.3) is 0 Å². The molecule has 0 aromatic heterocycles. The summed E-state index contributed by atoms with van der Waals surface area (Å²) in [5.74, 6) is -0.752. The van der Waals surface area contributed by atoms with Gasteiger partial charge in [0.2, 0.25) is 5.91 Å². The summed E-state index contributed by atoms with van der Waals surface area (Å²) in [6.45, 7) is 2.45. The van der Waals surface area contributed by atoms with Gasteiger partial charge in [0, 0.05) is 24.8 Å². The Morgan fingerprint density at radius 3 is 2.55 bits per heavy atom. The van der Waals surface area contributed by atoms with E-state index in [1.807, 2.05) is 12.1 Å². The number of rotatable bonds is 7. The van der Waals surface area contributed by atoms with Crippen LogP contribution < -0.4 is 5.32 Å². The second-order valence-electron chi connectivity index (χ2n) is 5.45. The highest BCUT2D eigenvalue weighted by molar-refractivity contribution is 5.98. The molecule has 1 aromatic carbocycles. The highest BCUT2D eigenvalue weighted by Gasteiger charge is 2.27. The summed E-state index contributed by atoms with van der Waals surface area (Å²) in [6, 6.07) is 6.95. The van der Waals surface area contributed by atoms with Crippen molar-refractivity contribution in [2.24, 2.45) is 0 Å². The van der Waals surface area contributed by atoms with Crippen molar-refractivity contribution in [3.63, 3.8) is 0 Å². The third-order valence-electron chi connectivity index (χ3n) is 3.66. The molecule has 0 saturated carbocycles. The Kier molecular flexibility index (Phi) is 5.69. The van der Waals surface area contributed by atoms with E-state index >= 15 is 0 Å². The van der Waals surface area contributed by atoms with Crippen molar-refractivity contribution in [3.8, 4) is 0 Å². The molecule has 1 amide bonds. The lowest BCUT2D eigenvalue weighted by Gasteiger charge is -2.08. The normalized spacial score (nSPS) is 17.1. The number of cyclic esters (lactones) is 1. The molecule has 0 aliphatic carbocycles. The lowest BCUT2D eigenvalue weighted by molar-refractivity contribution is -0.141. The summed E-state index contributed by atoms with van der Waals surface area (Å²) in [5, 5.41) is 2.60. The molecule has 5 heteroatoms. The molecule has 1 heterocycles. The van der Waals surface area contributed by atoms with Gasteiger partial charge in [0.1, 0.15) is 6.04 Å². The van der Waals surface area contributed by atoms with Gasteiger partial charge in [-0.15, -0.1) is 0 Å². The van der Waals surface area contributed by atoms with Gasteiger partial charge in [-0.05, 0) is 12.0 Å². The lowest BCUT2D eigenvalue weighted by atomic mass is 10.0. The van der Waals surface area contributed by atoms with Crippen LogP contribution in [0, 0.1) is 0 Å². The minimum absolute atomic E-state index is 0.0628. The van der Waals surface area contributed by atoms with E-state index in [-0.39, 0.29) is 24.5 Å². The van der Waals surface area contributed by atoms with Crippen molar-refractivity contribution in [2.45, 2.75) is 45.1 Å². The fraction of sp³-hybridized carbons (Fsp3) is 0.471. The highest BCUT2D eigenvalue weighted by atomic mass is 16.5. The van der Waals surface area contributed by atoms with Crippen LogP contribution in [-0.2, 0) is 20.7 Å². The highest BCUT2D eigenvalue weighted by Crippen LogP contribution is 2.11. The Bertz CT molecular complexity index is 550. The first kappa shape index (κ1) is 16.2. The fourth-order valence-corrected chi connectivity index (χ4v) is 2.41. The van der Waals surface area contributed by atoms with Crippen LogP contribution in [0.25, 0.3) is 0 Å². The van der Waals surface area contributed by atoms with Crippen molar-refractivity contribution in [1.29, 1.82) is 0 Å². The fourth-order valence-electron chi connectivity index (χ4n) is 2.41. The first-order valence-electron chi connectivity index (χ1n) is 7.68. The van der Waals surface area contributed by atoms with Crippen LogP contribution in [0.4, 0.5) is 0 Å². The summed E-state index contributed by atoms with van der Waals surface area (Å²) in [6.07, 6.45) is 2.78. The molecule has 2 rings (SSSR count). The monoisotopic (exact) mass is 303 g/mol. The molecule has 0 radical (unpaired) electrons. The van der Waals surface area contributed by atoms with Crippen LogP contribution in [0.3, 0.4) is 0 Å². The lowest BCUT2D eigenvalue weighted by Crippen LogP contribution is -2.37. The van der Waals surface area contributed by atoms with Gasteiger partial charge in [0.05, 0.1) is 6.61 Å². The standard InChI is InChI=1S/C17H21NO4/c1-2-3-12-4-6-13(7-5-12)15(19)8-9-16(20)18-14-10-11-22-17(14)21/h4-7,14H,2-3,8-11H2,1H3,(H,18,20). The molecule has 5 nitrogen and oxygen atoms in total. The first-order chi connectivity index (χ1) is 10.6. The van der Waals surface area contributed by atoms with Crippen LogP contribution >= 0.6 is 0 Å². The van der Waals surface area contributed by atoms with E-state index in [1.165, 1.54) is 5.56 Å². The molecule has 1 aromatic rings. The van der Waals surface area contributed by atoms with Gasteiger partial charge in [-0.25, -0.2) is 4.79 Å². The number of hydrogen-bond acceptors (Lipinski definition) is 4. The number of ether oxygens (including phenoxy) is 1. The van der Waals surface area contributed by atoms with Crippen LogP contribution in [0.15, 0.2) is 24.3 Å². The van der Waals surface area contributed by atoms with Gasteiger partial charge in [-0.2, -0.15) is 0 Å². The minimum Gasteiger partial charge on any atom is -0.464 e. The molecule has 118 valence electrons. The molecule has 22 heavy (non-hydrogen) atoms. The number of carbonyl (C=O) groups is 3. The number of hydrogen-bond donors (Lipinski definition) is 1. The summed E-state index contributed by atoms with van der Waals surface area (Å²) in [4.78, 5) is 35.0. The zero-order chi connectivity index (χ0) is 15.9. The number of amides is 1. The van der Waals surface area contributed by atoms with Gasteiger partial charge in [-0.1, -0.05) is 37.6 Å². The third kappa shape index (κ3) is 4.41. The molecule has 1 fully saturated rings. The third-order valence-corrected chi connectivity index (χ3v) is 3.66. The Labute approximate surface area is 130 Å². The zero-order valence-electron chi connectivity index (χ0n) is 12.8. The average molecular weight is 303 g/mol. The van der Waals surface area contributed by atoms with Gasteiger partial charge in [0.15, 0.2) is 5.78 Å². The molecule has 1 unspecified atom stereocenters. The number of Topliss-reactive ketones (excluding diaryl/α,β-unsaturated/α-hetero) is 1. The number of esters is 1. The maximum absolute atomic E-state index is 12.0. The largest absolute Gasteiger partial charge is 0.464 e. The molecule has 0 spiro atoms. The molecule has 1 saturated heterocycles. The molecule has 1 aliphatic heterocycles. The summed E-state index contributed by atoms with van der Waals surface area (Å²) in [5.41, 5.74) is 1.82. The van der Waals surface area contributed by atoms with Crippen molar-refractivity contribution in [3.05, 3.63) is 35.4 Å². The minimum atomic E-state index is -0.559. The second-order valence-corrected chi connectivity index (χ2v) is 5.45. The summed E-state index contributed by atoms with van der Waals surface area (Å²) in [7, 11) is 0. The number of carbonyl (C=O) groups excluding carboxylic acids is 3. The van der Waals surface area contributed by atoms with E-state index in [0.717, 1.165) is 12.8 Å². The van der Waals surface area contributed by atoms with Crippen molar-refractivity contribution < 1.29 is 19.1 Å². The van der Waals surface area contributed by atoms with Gasteiger partial charge < -0.3 is 10.1 Å². The van der Waals surface area contributed by atoms with Crippen LogP contribution in [0.2, 0.25) is 0 Å². The topological polar surface area (TPSA) is 72.5 Å². The average Bonchev–Trinajstić information content (AvgIpc) is 2.91. The van der Waals surface area contributed by atoms with E-state index < -0.39 is 12.0 Å². The molecular formula is C17H21NO4. The van der Waals surface area contributed by atoms with E-state index in [4.69, 9.17) is 4.74 Å². The molecule has 1 atom stereocenters. The Morgan fingerprint density at radius 1 is 1.23 bits per heavy atom. The Balaban J connectivity index is 1.79. The van der Waals surface area contributed by atoms with Crippen LogP contribution in [0.5, 0.6) is 0 Å². The number of nitrogens with one attached hydrogen (secondary N) is 1. The number of ketones is 1. The number of benzene rings is 1. The van der Waals surface area contributed by atoms with Crippen LogP contribution in [0.1, 0.15) is 48.5 Å². The number of aryl methyl sites for hydroxylation is 1. The van der Waals surface area contributed by atoms with Gasteiger partial charge >= 0.3 is 5.97 Å².